The average Bonchev–Trinajstić information content (AvgIpc) is 3.22. The van der Waals surface area contributed by atoms with Crippen LogP contribution in [-0.2, 0) is 6.61 Å². The highest BCUT2D eigenvalue weighted by Gasteiger charge is 2.43. The number of fused-ring (bicyclic) bond motifs is 1. The number of aromatic nitrogens is 1. The summed E-state index contributed by atoms with van der Waals surface area (Å²) in [5.74, 6) is 1.00. The molecule has 0 spiro atoms. The van der Waals surface area contributed by atoms with Crippen LogP contribution in [0.15, 0.2) is 28.1 Å². The Labute approximate surface area is 160 Å². The molecule has 3 aromatic rings. The van der Waals surface area contributed by atoms with E-state index in [1.54, 1.807) is 23.8 Å². The third-order valence-corrected chi connectivity index (χ3v) is 5.86. The van der Waals surface area contributed by atoms with Gasteiger partial charge in [0.1, 0.15) is 23.7 Å². The molecular formula is C20H19N3O3S. The standard InChI is InChI=1S/C20H19N3O3S/c1-12-17(27-11-23-12)8-25-14-3-4-16-15(7-14)18(13(2)26-16)19(24)22-10-20(9-21)5-6-20/h3-4,7,11H,5-6,8,10H2,1-2H3,(H,22,24). The number of hydrogen-bond donors (Lipinski definition) is 1. The number of nitriles is 1. The second kappa shape index (κ2) is 6.71. The van der Waals surface area contributed by atoms with E-state index in [0.29, 0.717) is 41.2 Å². The molecule has 27 heavy (non-hydrogen) atoms. The van der Waals surface area contributed by atoms with E-state index in [9.17, 15) is 10.1 Å². The van der Waals surface area contributed by atoms with Crippen molar-refractivity contribution in [2.24, 2.45) is 5.41 Å². The first-order chi connectivity index (χ1) is 13.0. The van der Waals surface area contributed by atoms with Crippen molar-refractivity contribution in [1.82, 2.24) is 10.3 Å². The minimum absolute atomic E-state index is 0.219. The smallest absolute Gasteiger partial charge is 0.255 e. The van der Waals surface area contributed by atoms with Crippen LogP contribution >= 0.6 is 11.3 Å². The molecular weight excluding hydrogens is 362 g/mol. The molecule has 0 radical (unpaired) electrons. The van der Waals surface area contributed by atoms with Gasteiger partial charge in [0.25, 0.3) is 5.91 Å². The Morgan fingerprint density at radius 1 is 1.44 bits per heavy atom. The molecule has 2 aromatic heterocycles. The molecule has 6 nitrogen and oxygen atoms in total. The maximum absolute atomic E-state index is 12.7. The highest BCUT2D eigenvalue weighted by atomic mass is 32.1. The third kappa shape index (κ3) is 3.40. The molecule has 1 aliphatic rings. The molecule has 138 valence electrons. The predicted octanol–water partition coefficient (Wildman–Crippen LogP) is 4.12. The van der Waals surface area contributed by atoms with Crippen molar-refractivity contribution in [3.63, 3.8) is 0 Å². The van der Waals surface area contributed by atoms with Crippen LogP contribution in [0.1, 0.15) is 39.5 Å². The van der Waals surface area contributed by atoms with Gasteiger partial charge in [-0.25, -0.2) is 4.98 Å². The maximum atomic E-state index is 12.7. The molecule has 0 aliphatic heterocycles. The van der Waals surface area contributed by atoms with Crippen molar-refractivity contribution in [2.45, 2.75) is 33.3 Å². The molecule has 0 atom stereocenters. The number of furan rings is 1. The Hall–Kier alpha value is -2.85. The quantitative estimate of drug-likeness (QED) is 0.694. The summed E-state index contributed by atoms with van der Waals surface area (Å²) in [4.78, 5) is 18.0. The molecule has 2 heterocycles. The summed E-state index contributed by atoms with van der Waals surface area (Å²) in [5.41, 5.74) is 3.52. The Bertz CT molecular complexity index is 1060. The second-order valence-corrected chi connectivity index (χ2v) is 7.85. The summed E-state index contributed by atoms with van der Waals surface area (Å²) in [6.45, 7) is 4.53. The first kappa shape index (κ1) is 17.6. The van der Waals surface area contributed by atoms with Crippen molar-refractivity contribution in [1.29, 1.82) is 5.26 Å². The van der Waals surface area contributed by atoms with Gasteiger partial charge in [-0.2, -0.15) is 5.26 Å². The number of carbonyl (C=O) groups excluding carboxylic acids is 1. The van der Waals surface area contributed by atoms with E-state index >= 15 is 0 Å². The minimum Gasteiger partial charge on any atom is -0.488 e. The third-order valence-electron chi connectivity index (χ3n) is 4.96. The topological polar surface area (TPSA) is 88.2 Å². The number of carbonyl (C=O) groups is 1. The van der Waals surface area contributed by atoms with E-state index in [1.165, 1.54) is 0 Å². The zero-order valence-electron chi connectivity index (χ0n) is 15.2. The SMILES string of the molecule is Cc1ncsc1COc1ccc2oc(C)c(C(=O)NCC3(C#N)CC3)c2c1. The van der Waals surface area contributed by atoms with Gasteiger partial charge < -0.3 is 14.5 Å². The number of nitrogens with one attached hydrogen (secondary N) is 1. The Balaban J connectivity index is 1.55. The molecule has 1 saturated carbocycles. The van der Waals surface area contributed by atoms with Crippen LogP contribution in [0.4, 0.5) is 0 Å². The predicted molar refractivity (Wildman–Crippen MR) is 102 cm³/mol. The molecule has 0 unspecified atom stereocenters. The van der Waals surface area contributed by atoms with Crippen LogP contribution in [0.5, 0.6) is 5.75 Å². The van der Waals surface area contributed by atoms with Crippen LogP contribution < -0.4 is 10.1 Å². The van der Waals surface area contributed by atoms with Crippen LogP contribution in [0.3, 0.4) is 0 Å². The number of benzene rings is 1. The zero-order chi connectivity index (χ0) is 19.0. The lowest BCUT2D eigenvalue weighted by Gasteiger charge is -2.08. The van der Waals surface area contributed by atoms with E-state index in [4.69, 9.17) is 9.15 Å². The lowest BCUT2D eigenvalue weighted by atomic mass is 10.1. The fraction of sp³-hybridized carbons (Fsp3) is 0.350. The lowest BCUT2D eigenvalue weighted by molar-refractivity contribution is 0.0948. The molecule has 1 aliphatic carbocycles. The molecule has 1 fully saturated rings. The van der Waals surface area contributed by atoms with Crippen molar-refractivity contribution >= 4 is 28.2 Å². The summed E-state index contributed by atoms with van der Waals surface area (Å²) in [6, 6.07) is 7.76. The van der Waals surface area contributed by atoms with Crippen molar-refractivity contribution in [3.8, 4) is 11.8 Å². The number of rotatable bonds is 6. The number of nitrogens with zero attached hydrogens (tertiary/aromatic N) is 2. The molecule has 0 bridgehead atoms. The number of thiazole rings is 1. The number of hydrogen-bond acceptors (Lipinski definition) is 6. The van der Waals surface area contributed by atoms with Gasteiger partial charge in [-0.3, -0.25) is 4.79 Å². The summed E-state index contributed by atoms with van der Waals surface area (Å²) < 4.78 is 11.6. The first-order valence-electron chi connectivity index (χ1n) is 8.76. The lowest BCUT2D eigenvalue weighted by Crippen LogP contribution is -2.29. The average molecular weight is 381 g/mol. The monoisotopic (exact) mass is 381 g/mol. The highest BCUT2D eigenvalue weighted by Crippen LogP contribution is 2.44. The fourth-order valence-corrected chi connectivity index (χ4v) is 3.69. The Kier molecular flexibility index (Phi) is 4.36. The maximum Gasteiger partial charge on any atom is 0.255 e. The van der Waals surface area contributed by atoms with E-state index in [1.807, 2.05) is 25.1 Å². The van der Waals surface area contributed by atoms with Gasteiger partial charge in [0.15, 0.2) is 0 Å². The highest BCUT2D eigenvalue weighted by molar-refractivity contribution is 7.09. The summed E-state index contributed by atoms with van der Waals surface area (Å²) in [6.07, 6.45) is 1.67. The Morgan fingerprint density at radius 3 is 2.93 bits per heavy atom. The van der Waals surface area contributed by atoms with E-state index in [-0.39, 0.29) is 11.3 Å². The minimum atomic E-state index is -0.385. The largest absolute Gasteiger partial charge is 0.488 e. The van der Waals surface area contributed by atoms with Gasteiger partial charge in [-0.15, -0.1) is 11.3 Å². The van der Waals surface area contributed by atoms with Gasteiger partial charge in [0.05, 0.1) is 33.1 Å². The number of aryl methyl sites for hydroxylation is 2. The summed E-state index contributed by atoms with van der Waals surface area (Å²) >= 11 is 1.56. The first-order valence-corrected chi connectivity index (χ1v) is 9.64. The summed E-state index contributed by atoms with van der Waals surface area (Å²) in [5, 5.41) is 12.8. The van der Waals surface area contributed by atoms with Gasteiger partial charge in [-0.1, -0.05) is 0 Å². The van der Waals surface area contributed by atoms with Crippen LogP contribution in [0, 0.1) is 30.6 Å². The van der Waals surface area contributed by atoms with Crippen molar-refractivity contribution in [3.05, 3.63) is 45.6 Å². The van der Waals surface area contributed by atoms with E-state index in [0.717, 1.165) is 23.4 Å². The molecule has 1 N–H and O–H groups in total. The number of amides is 1. The van der Waals surface area contributed by atoms with E-state index in [2.05, 4.69) is 16.4 Å². The normalized spacial score (nSPS) is 14.7. The summed E-state index contributed by atoms with van der Waals surface area (Å²) in [7, 11) is 0. The van der Waals surface area contributed by atoms with Gasteiger partial charge in [0, 0.05) is 11.9 Å². The molecule has 0 saturated heterocycles. The Morgan fingerprint density at radius 2 is 2.26 bits per heavy atom. The van der Waals surface area contributed by atoms with Crippen molar-refractivity contribution < 1.29 is 13.9 Å². The zero-order valence-corrected chi connectivity index (χ0v) is 16.0. The van der Waals surface area contributed by atoms with Gasteiger partial charge in [-0.05, 0) is 44.9 Å². The van der Waals surface area contributed by atoms with E-state index < -0.39 is 0 Å². The van der Waals surface area contributed by atoms with Crippen LogP contribution in [0.2, 0.25) is 0 Å². The van der Waals surface area contributed by atoms with Gasteiger partial charge in [0.2, 0.25) is 0 Å². The van der Waals surface area contributed by atoms with Crippen LogP contribution in [-0.4, -0.2) is 17.4 Å². The fourth-order valence-electron chi connectivity index (χ4n) is 3.00. The van der Waals surface area contributed by atoms with Gasteiger partial charge >= 0.3 is 0 Å². The van der Waals surface area contributed by atoms with Crippen molar-refractivity contribution in [2.75, 3.05) is 6.54 Å². The van der Waals surface area contributed by atoms with Crippen LogP contribution in [0.25, 0.3) is 11.0 Å². The molecule has 1 aromatic carbocycles. The molecule has 4 rings (SSSR count). The number of ether oxygens (including phenoxy) is 1. The second-order valence-electron chi connectivity index (χ2n) is 6.92. The molecule has 7 heteroatoms. The molecule has 1 amide bonds.